The molecule has 6 nitrogen and oxygen atoms in total. The van der Waals surface area contributed by atoms with Crippen molar-refractivity contribution in [2.45, 2.75) is 26.3 Å². The van der Waals surface area contributed by atoms with Crippen LogP contribution >= 0.6 is 0 Å². The first-order chi connectivity index (χ1) is 8.94. The molecule has 0 bridgehead atoms. The third-order valence-electron chi connectivity index (χ3n) is 3.61. The third kappa shape index (κ3) is 2.89. The Morgan fingerprint density at radius 3 is 2.68 bits per heavy atom. The fourth-order valence-corrected chi connectivity index (χ4v) is 1.90. The lowest BCUT2D eigenvalue weighted by atomic mass is 10.1. The van der Waals surface area contributed by atoms with Crippen LogP contribution in [0.5, 0.6) is 0 Å². The van der Waals surface area contributed by atoms with Crippen LogP contribution in [0.3, 0.4) is 0 Å². The summed E-state index contributed by atoms with van der Waals surface area (Å²) in [5.74, 6) is -0.0509. The first-order valence-electron chi connectivity index (χ1n) is 6.20. The molecule has 1 heterocycles. The molecule has 1 aliphatic rings. The van der Waals surface area contributed by atoms with Crippen molar-refractivity contribution < 1.29 is 19.1 Å². The number of amides is 2. The fourth-order valence-electron chi connectivity index (χ4n) is 1.90. The maximum Gasteiger partial charge on any atom is 0.317 e. The molecule has 19 heavy (non-hydrogen) atoms. The van der Waals surface area contributed by atoms with Crippen LogP contribution < -0.4 is 5.32 Å². The fraction of sp³-hybridized carbons (Fsp3) is 0.538. The summed E-state index contributed by atoms with van der Waals surface area (Å²) in [4.78, 5) is 24.4. The highest BCUT2D eigenvalue weighted by Crippen LogP contribution is 2.45. The Morgan fingerprint density at radius 2 is 2.21 bits per heavy atom. The van der Waals surface area contributed by atoms with Crippen molar-refractivity contribution in [2.75, 3.05) is 13.6 Å². The van der Waals surface area contributed by atoms with Crippen molar-refractivity contribution in [3.63, 3.8) is 0 Å². The SMILES string of the molecule is Cc1occc1CN(C)C(=O)NCC1(C(=O)O)CC1. The summed E-state index contributed by atoms with van der Waals surface area (Å²) < 4.78 is 5.16. The molecule has 0 aliphatic heterocycles. The molecule has 6 heteroatoms. The van der Waals surface area contributed by atoms with Crippen LogP contribution in [-0.4, -0.2) is 35.6 Å². The topological polar surface area (TPSA) is 82.8 Å². The van der Waals surface area contributed by atoms with Gasteiger partial charge in [-0.05, 0) is 25.8 Å². The van der Waals surface area contributed by atoms with E-state index in [-0.39, 0.29) is 12.6 Å². The predicted octanol–water partition coefficient (Wildman–Crippen LogP) is 1.59. The first-order valence-corrected chi connectivity index (χ1v) is 6.20. The maximum atomic E-state index is 11.9. The second-order valence-corrected chi connectivity index (χ2v) is 5.10. The average molecular weight is 266 g/mol. The molecule has 0 saturated heterocycles. The van der Waals surface area contributed by atoms with E-state index in [4.69, 9.17) is 9.52 Å². The summed E-state index contributed by atoms with van der Waals surface area (Å²) in [6.45, 7) is 2.47. The molecule has 1 aromatic rings. The molecule has 0 spiro atoms. The van der Waals surface area contributed by atoms with E-state index in [1.807, 2.05) is 13.0 Å². The van der Waals surface area contributed by atoms with Gasteiger partial charge < -0.3 is 19.7 Å². The predicted molar refractivity (Wildman–Crippen MR) is 67.6 cm³/mol. The quantitative estimate of drug-likeness (QED) is 0.847. The van der Waals surface area contributed by atoms with E-state index in [0.717, 1.165) is 11.3 Å². The van der Waals surface area contributed by atoms with Gasteiger partial charge in [-0.3, -0.25) is 4.79 Å². The van der Waals surface area contributed by atoms with Gasteiger partial charge in [0.1, 0.15) is 5.76 Å². The molecule has 1 aliphatic carbocycles. The number of rotatable bonds is 5. The number of nitrogens with zero attached hydrogens (tertiary/aromatic N) is 1. The molecule has 2 N–H and O–H groups in total. The number of carboxylic acids is 1. The molecule has 0 atom stereocenters. The number of carbonyl (C=O) groups is 2. The Bertz CT molecular complexity index is 491. The van der Waals surface area contributed by atoms with E-state index in [1.54, 1.807) is 13.3 Å². The second-order valence-electron chi connectivity index (χ2n) is 5.10. The highest BCUT2D eigenvalue weighted by molar-refractivity contribution is 5.80. The number of furan rings is 1. The van der Waals surface area contributed by atoms with Crippen LogP contribution in [0.1, 0.15) is 24.2 Å². The van der Waals surface area contributed by atoms with Crippen LogP contribution in [0, 0.1) is 12.3 Å². The summed E-state index contributed by atoms with van der Waals surface area (Å²) in [7, 11) is 1.67. The Morgan fingerprint density at radius 1 is 1.53 bits per heavy atom. The minimum Gasteiger partial charge on any atom is -0.481 e. The van der Waals surface area contributed by atoms with Crippen LogP contribution in [0.2, 0.25) is 0 Å². The smallest absolute Gasteiger partial charge is 0.317 e. The molecular formula is C13H18N2O4. The van der Waals surface area contributed by atoms with Crippen molar-refractivity contribution in [3.8, 4) is 0 Å². The van der Waals surface area contributed by atoms with Crippen molar-refractivity contribution in [2.24, 2.45) is 5.41 Å². The Kier molecular flexibility index (Phi) is 3.50. The van der Waals surface area contributed by atoms with Crippen molar-refractivity contribution in [3.05, 3.63) is 23.7 Å². The minimum absolute atomic E-state index is 0.190. The number of carbonyl (C=O) groups excluding carboxylic acids is 1. The lowest BCUT2D eigenvalue weighted by Gasteiger charge is -2.19. The summed E-state index contributed by atoms with van der Waals surface area (Å²) in [6.07, 6.45) is 2.85. The number of urea groups is 1. The molecule has 104 valence electrons. The van der Waals surface area contributed by atoms with Crippen molar-refractivity contribution in [1.29, 1.82) is 0 Å². The number of nitrogens with one attached hydrogen (secondary N) is 1. The van der Waals surface area contributed by atoms with E-state index < -0.39 is 11.4 Å². The molecular weight excluding hydrogens is 248 g/mol. The monoisotopic (exact) mass is 266 g/mol. The third-order valence-corrected chi connectivity index (χ3v) is 3.61. The number of aliphatic carboxylic acids is 1. The van der Waals surface area contributed by atoms with E-state index in [2.05, 4.69) is 5.32 Å². The van der Waals surface area contributed by atoms with E-state index in [9.17, 15) is 9.59 Å². The van der Waals surface area contributed by atoms with Gasteiger partial charge in [0, 0.05) is 19.2 Å². The molecule has 1 saturated carbocycles. The van der Waals surface area contributed by atoms with Crippen molar-refractivity contribution in [1.82, 2.24) is 10.2 Å². The second kappa shape index (κ2) is 4.95. The van der Waals surface area contributed by atoms with Gasteiger partial charge in [-0.25, -0.2) is 4.79 Å². The van der Waals surface area contributed by atoms with E-state index in [1.165, 1.54) is 4.90 Å². The lowest BCUT2D eigenvalue weighted by molar-refractivity contribution is -0.143. The highest BCUT2D eigenvalue weighted by atomic mass is 16.4. The van der Waals surface area contributed by atoms with Gasteiger partial charge in [-0.15, -0.1) is 0 Å². The van der Waals surface area contributed by atoms with Crippen LogP contribution in [0.4, 0.5) is 4.79 Å². The van der Waals surface area contributed by atoms with Crippen molar-refractivity contribution >= 4 is 12.0 Å². The van der Waals surface area contributed by atoms with Gasteiger partial charge in [0.2, 0.25) is 0 Å². The zero-order valence-corrected chi connectivity index (χ0v) is 11.1. The highest BCUT2D eigenvalue weighted by Gasteiger charge is 2.50. The number of hydrogen-bond acceptors (Lipinski definition) is 3. The van der Waals surface area contributed by atoms with E-state index >= 15 is 0 Å². The van der Waals surface area contributed by atoms with Crippen LogP contribution in [-0.2, 0) is 11.3 Å². The van der Waals surface area contributed by atoms with Gasteiger partial charge in [0.05, 0.1) is 18.2 Å². The van der Waals surface area contributed by atoms with Gasteiger partial charge in [-0.1, -0.05) is 0 Å². The molecule has 0 aromatic carbocycles. The minimum atomic E-state index is -0.832. The summed E-state index contributed by atoms with van der Waals surface area (Å²) in [5.41, 5.74) is 0.208. The number of hydrogen-bond donors (Lipinski definition) is 2. The Hall–Kier alpha value is -1.98. The Labute approximate surface area is 111 Å². The number of carboxylic acid groups (broad SMARTS) is 1. The van der Waals surface area contributed by atoms with E-state index in [0.29, 0.717) is 19.4 Å². The summed E-state index contributed by atoms with van der Waals surface area (Å²) in [5, 5.41) is 11.7. The van der Waals surface area contributed by atoms with Gasteiger partial charge in [0.15, 0.2) is 0 Å². The molecule has 2 rings (SSSR count). The molecule has 2 amide bonds. The van der Waals surface area contributed by atoms with Gasteiger partial charge >= 0.3 is 12.0 Å². The molecule has 1 fully saturated rings. The molecule has 1 aromatic heterocycles. The lowest BCUT2D eigenvalue weighted by Crippen LogP contribution is -2.41. The average Bonchev–Trinajstić information content (AvgIpc) is 3.06. The summed E-state index contributed by atoms with van der Waals surface area (Å²) >= 11 is 0. The maximum absolute atomic E-state index is 11.9. The largest absolute Gasteiger partial charge is 0.481 e. The van der Waals surface area contributed by atoms with Gasteiger partial charge in [0.25, 0.3) is 0 Å². The number of aryl methyl sites for hydroxylation is 1. The van der Waals surface area contributed by atoms with Crippen LogP contribution in [0.25, 0.3) is 0 Å². The summed E-state index contributed by atoms with van der Waals surface area (Å²) in [6, 6.07) is 1.55. The first kappa shape index (κ1) is 13.5. The van der Waals surface area contributed by atoms with Gasteiger partial charge in [-0.2, -0.15) is 0 Å². The standard InChI is InChI=1S/C13H18N2O4/c1-9-10(3-6-19-9)7-15(2)12(18)14-8-13(4-5-13)11(16)17/h3,6H,4-5,7-8H2,1-2H3,(H,14,18)(H,16,17). The normalized spacial score (nSPS) is 15.9. The molecule has 0 unspecified atom stereocenters. The zero-order chi connectivity index (χ0) is 14.0. The van der Waals surface area contributed by atoms with Crippen LogP contribution in [0.15, 0.2) is 16.7 Å². The zero-order valence-electron chi connectivity index (χ0n) is 11.1. The molecule has 0 radical (unpaired) electrons. The Balaban J connectivity index is 1.83.